The lowest BCUT2D eigenvalue weighted by Crippen LogP contribution is -2.37. The molecule has 1 fully saturated rings. The average Bonchev–Trinajstić information content (AvgIpc) is 3.37. The van der Waals surface area contributed by atoms with Crippen molar-refractivity contribution in [2.45, 2.75) is 25.7 Å². The van der Waals surface area contributed by atoms with Gasteiger partial charge >= 0.3 is 12.1 Å². The van der Waals surface area contributed by atoms with Crippen molar-refractivity contribution >= 4 is 40.9 Å². The number of rotatable bonds is 11. The van der Waals surface area contributed by atoms with Crippen LogP contribution in [0.5, 0.6) is 5.75 Å². The minimum atomic E-state index is -0.525. The molecule has 4 amide bonds. The van der Waals surface area contributed by atoms with E-state index in [0.717, 1.165) is 26.1 Å². The molecule has 0 saturated carbocycles. The predicted octanol–water partition coefficient (Wildman–Crippen LogP) is 4.48. The van der Waals surface area contributed by atoms with Gasteiger partial charge in [-0.15, -0.1) is 0 Å². The third-order valence-electron chi connectivity index (χ3n) is 5.31. The van der Waals surface area contributed by atoms with E-state index in [2.05, 4.69) is 36.0 Å². The molecule has 0 radical (unpaired) electrons. The number of likely N-dealkylation sites (tertiary alicyclic amines) is 1. The van der Waals surface area contributed by atoms with Crippen LogP contribution in [0.2, 0.25) is 5.02 Å². The lowest BCUT2D eigenvalue weighted by atomic mass is 10.3. The minimum Gasteiger partial charge on any atom is -0.491 e. The number of benzene rings is 1. The number of halogens is 1. The number of ether oxygens (including phenoxy) is 1. The number of hydrogen-bond donors (Lipinski definition) is 4. The van der Waals surface area contributed by atoms with Gasteiger partial charge in [-0.3, -0.25) is 10.3 Å². The molecule has 1 aliphatic rings. The van der Waals surface area contributed by atoms with Crippen molar-refractivity contribution in [1.82, 2.24) is 20.5 Å². The first-order valence-electron chi connectivity index (χ1n) is 11.6. The molecule has 2 aromatic rings. The molecule has 1 aromatic carbocycles. The first-order valence-corrected chi connectivity index (χ1v) is 12.0. The van der Waals surface area contributed by atoms with Gasteiger partial charge in [-0.2, -0.15) is 0 Å². The van der Waals surface area contributed by atoms with Crippen molar-refractivity contribution < 1.29 is 14.3 Å². The number of nitrogens with zero attached hydrogens (tertiary/aromatic N) is 3. The van der Waals surface area contributed by atoms with Gasteiger partial charge in [0.25, 0.3) is 0 Å². The number of hydrogen-bond acceptors (Lipinski definition) is 5. The standard InChI is InChI=1S/C24H30ClN7O3/c1-26-19-7-9-22(29-17-19)31-24(34)30-20-16-18(25)6-8-21(20)35-15-5-11-28-23(33)27-10-4-14-32-12-2-3-13-32/h6-9,16-17H,2-5,10-15H2,(H2,27,28,33)(H2,29,30,31,34). The second kappa shape index (κ2) is 14.0. The van der Waals surface area contributed by atoms with E-state index in [1.54, 1.807) is 30.3 Å². The maximum atomic E-state index is 12.4. The molecule has 186 valence electrons. The molecule has 0 aliphatic carbocycles. The number of carbonyl (C=O) groups excluding carboxylic acids is 2. The zero-order valence-electron chi connectivity index (χ0n) is 19.5. The van der Waals surface area contributed by atoms with Crippen molar-refractivity contribution in [3.8, 4) is 5.75 Å². The lowest BCUT2D eigenvalue weighted by molar-refractivity contribution is 0.238. The maximum absolute atomic E-state index is 12.4. The summed E-state index contributed by atoms with van der Waals surface area (Å²) in [6.45, 7) is 11.7. The van der Waals surface area contributed by atoms with Crippen molar-refractivity contribution in [3.05, 3.63) is 53.0 Å². The molecule has 11 heteroatoms. The second-order valence-electron chi connectivity index (χ2n) is 8.02. The van der Waals surface area contributed by atoms with Crippen LogP contribution in [0.15, 0.2) is 36.5 Å². The molecule has 35 heavy (non-hydrogen) atoms. The molecule has 2 heterocycles. The molecular formula is C24H30ClN7O3. The topological polar surface area (TPSA) is 112 Å². The number of pyridine rings is 1. The number of carbonyl (C=O) groups is 2. The third kappa shape index (κ3) is 9.31. The van der Waals surface area contributed by atoms with Crippen LogP contribution in [-0.2, 0) is 0 Å². The van der Waals surface area contributed by atoms with Gasteiger partial charge in [0, 0.05) is 24.3 Å². The molecule has 3 rings (SSSR count). The number of amides is 4. The molecule has 10 nitrogen and oxygen atoms in total. The summed E-state index contributed by atoms with van der Waals surface area (Å²) in [5.41, 5.74) is 0.780. The fraction of sp³-hybridized carbons (Fsp3) is 0.417. The van der Waals surface area contributed by atoms with E-state index >= 15 is 0 Å². The van der Waals surface area contributed by atoms with Crippen LogP contribution in [0, 0.1) is 6.57 Å². The van der Waals surface area contributed by atoms with Crippen LogP contribution in [-0.4, -0.2) is 61.3 Å². The predicted molar refractivity (Wildman–Crippen MR) is 136 cm³/mol. The van der Waals surface area contributed by atoms with E-state index < -0.39 is 6.03 Å². The summed E-state index contributed by atoms with van der Waals surface area (Å²) in [6, 6.07) is 7.31. The minimum absolute atomic E-state index is 0.185. The first-order chi connectivity index (χ1) is 17.0. The molecule has 1 saturated heterocycles. The Labute approximate surface area is 210 Å². The zero-order chi connectivity index (χ0) is 24.9. The normalized spacial score (nSPS) is 13.0. The van der Waals surface area contributed by atoms with Gasteiger partial charge in [-0.25, -0.2) is 14.4 Å². The van der Waals surface area contributed by atoms with Crippen LogP contribution in [0.4, 0.5) is 26.8 Å². The fourth-order valence-corrected chi connectivity index (χ4v) is 3.72. The summed E-state index contributed by atoms with van der Waals surface area (Å²) >= 11 is 6.08. The summed E-state index contributed by atoms with van der Waals surface area (Å²) in [4.78, 5) is 34.0. The summed E-state index contributed by atoms with van der Waals surface area (Å²) in [5, 5.41) is 11.4. The van der Waals surface area contributed by atoms with Crippen molar-refractivity contribution in [3.63, 3.8) is 0 Å². The van der Waals surface area contributed by atoms with Gasteiger partial charge in [0.05, 0.1) is 18.9 Å². The van der Waals surface area contributed by atoms with Crippen LogP contribution in [0.25, 0.3) is 4.85 Å². The highest BCUT2D eigenvalue weighted by Crippen LogP contribution is 2.28. The van der Waals surface area contributed by atoms with Crippen LogP contribution in [0.3, 0.4) is 0 Å². The summed E-state index contributed by atoms with van der Waals surface area (Å²) in [5.74, 6) is 0.756. The molecule has 1 aromatic heterocycles. The lowest BCUT2D eigenvalue weighted by Gasteiger charge is -2.15. The van der Waals surface area contributed by atoms with Crippen molar-refractivity contribution in [1.29, 1.82) is 0 Å². The van der Waals surface area contributed by atoms with Crippen molar-refractivity contribution in [2.24, 2.45) is 0 Å². The van der Waals surface area contributed by atoms with E-state index in [0.29, 0.717) is 54.1 Å². The van der Waals surface area contributed by atoms with E-state index in [9.17, 15) is 9.59 Å². The monoisotopic (exact) mass is 499 g/mol. The summed E-state index contributed by atoms with van der Waals surface area (Å²) < 4.78 is 5.78. The Kier molecular flexibility index (Phi) is 10.4. The third-order valence-corrected chi connectivity index (χ3v) is 5.54. The van der Waals surface area contributed by atoms with Gasteiger partial charge in [-0.1, -0.05) is 17.7 Å². The number of anilines is 2. The van der Waals surface area contributed by atoms with Gasteiger partial charge in [0.1, 0.15) is 11.6 Å². The van der Waals surface area contributed by atoms with E-state index in [1.165, 1.54) is 19.0 Å². The number of urea groups is 2. The van der Waals surface area contributed by atoms with E-state index in [1.807, 2.05) is 0 Å². The Morgan fingerprint density at radius 1 is 1.06 bits per heavy atom. The summed E-state index contributed by atoms with van der Waals surface area (Å²) in [7, 11) is 0. The molecule has 0 atom stereocenters. The SMILES string of the molecule is [C-]#[N+]c1ccc(NC(=O)Nc2cc(Cl)ccc2OCCCNC(=O)NCCCN2CCCC2)nc1. The highest BCUT2D eigenvalue weighted by Gasteiger charge is 2.11. The molecule has 4 N–H and O–H groups in total. The fourth-order valence-electron chi connectivity index (χ4n) is 3.55. The first kappa shape index (κ1) is 26.1. The van der Waals surface area contributed by atoms with Crippen LogP contribution in [0.1, 0.15) is 25.7 Å². The maximum Gasteiger partial charge on any atom is 0.324 e. The van der Waals surface area contributed by atoms with Gasteiger partial charge in [0.15, 0.2) is 0 Å². The van der Waals surface area contributed by atoms with E-state index in [-0.39, 0.29) is 6.03 Å². The molecule has 0 bridgehead atoms. The zero-order valence-corrected chi connectivity index (χ0v) is 20.2. The Hall–Kier alpha value is -3.55. The number of aromatic nitrogens is 1. The van der Waals surface area contributed by atoms with E-state index in [4.69, 9.17) is 22.9 Å². The largest absolute Gasteiger partial charge is 0.491 e. The quantitative estimate of drug-likeness (QED) is 0.269. The highest BCUT2D eigenvalue weighted by atomic mass is 35.5. The Morgan fingerprint density at radius 2 is 1.83 bits per heavy atom. The Bertz CT molecular complexity index is 1020. The molecular weight excluding hydrogens is 470 g/mol. The van der Waals surface area contributed by atoms with Gasteiger partial charge < -0.3 is 25.6 Å². The Balaban J connectivity index is 1.35. The van der Waals surface area contributed by atoms with Gasteiger partial charge in [-0.05, 0) is 69.6 Å². The van der Waals surface area contributed by atoms with Gasteiger partial charge in [0.2, 0.25) is 5.69 Å². The average molecular weight is 500 g/mol. The highest BCUT2D eigenvalue weighted by molar-refractivity contribution is 6.31. The smallest absolute Gasteiger partial charge is 0.324 e. The Morgan fingerprint density at radius 3 is 2.54 bits per heavy atom. The van der Waals surface area contributed by atoms with Crippen LogP contribution < -0.4 is 26.0 Å². The second-order valence-corrected chi connectivity index (χ2v) is 8.46. The molecule has 1 aliphatic heterocycles. The summed E-state index contributed by atoms with van der Waals surface area (Å²) in [6.07, 6.45) is 5.45. The number of nitrogens with one attached hydrogen (secondary N) is 4. The van der Waals surface area contributed by atoms with Crippen LogP contribution >= 0.6 is 11.6 Å². The van der Waals surface area contributed by atoms with Crippen molar-refractivity contribution in [2.75, 3.05) is 50.0 Å². The molecule has 0 unspecified atom stereocenters. The molecule has 0 spiro atoms.